The zero-order valence-electron chi connectivity index (χ0n) is 11.3. The SMILES string of the molecule is COC(=O)c1ccc2c(c1)N(c1ccc(F)cc1)C(=O)C2. The highest BCUT2D eigenvalue weighted by atomic mass is 19.1. The van der Waals surface area contributed by atoms with Gasteiger partial charge in [0.15, 0.2) is 0 Å². The molecule has 5 heteroatoms. The van der Waals surface area contributed by atoms with Crippen LogP contribution in [0.4, 0.5) is 15.8 Å². The van der Waals surface area contributed by atoms with E-state index < -0.39 is 5.97 Å². The Morgan fingerprint density at radius 1 is 1.19 bits per heavy atom. The third kappa shape index (κ3) is 2.27. The molecule has 2 aromatic rings. The van der Waals surface area contributed by atoms with Crippen LogP contribution in [0.1, 0.15) is 15.9 Å². The fourth-order valence-electron chi connectivity index (χ4n) is 2.42. The third-order valence-corrected chi connectivity index (χ3v) is 3.42. The van der Waals surface area contributed by atoms with E-state index in [2.05, 4.69) is 4.74 Å². The molecule has 3 rings (SSSR count). The minimum absolute atomic E-state index is 0.112. The van der Waals surface area contributed by atoms with Crippen LogP contribution in [0.2, 0.25) is 0 Å². The zero-order chi connectivity index (χ0) is 15.0. The van der Waals surface area contributed by atoms with Crippen LogP contribution in [0.25, 0.3) is 0 Å². The minimum atomic E-state index is -0.462. The van der Waals surface area contributed by atoms with Crippen LogP contribution in [0.5, 0.6) is 0 Å². The summed E-state index contributed by atoms with van der Waals surface area (Å²) < 4.78 is 17.7. The molecular weight excluding hydrogens is 273 g/mol. The number of amides is 1. The number of benzene rings is 2. The van der Waals surface area contributed by atoms with Gasteiger partial charge in [-0.2, -0.15) is 0 Å². The Balaban J connectivity index is 2.07. The van der Waals surface area contributed by atoms with E-state index in [1.807, 2.05) is 0 Å². The number of halogens is 1. The molecule has 0 saturated heterocycles. The number of hydrogen-bond acceptors (Lipinski definition) is 3. The van der Waals surface area contributed by atoms with Crippen molar-refractivity contribution < 1.29 is 18.7 Å². The van der Waals surface area contributed by atoms with Crippen molar-refractivity contribution in [2.45, 2.75) is 6.42 Å². The van der Waals surface area contributed by atoms with Gasteiger partial charge < -0.3 is 4.74 Å². The summed E-state index contributed by atoms with van der Waals surface area (Å²) in [6, 6.07) is 10.7. The number of esters is 1. The number of nitrogens with zero attached hydrogens (tertiary/aromatic N) is 1. The summed E-state index contributed by atoms with van der Waals surface area (Å²) in [6.07, 6.45) is 0.258. The molecule has 2 aromatic carbocycles. The topological polar surface area (TPSA) is 46.6 Å². The van der Waals surface area contributed by atoms with E-state index in [0.717, 1.165) is 5.56 Å². The molecular formula is C16H12FNO3. The summed E-state index contributed by atoms with van der Waals surface area (Å²) in [6.45, 7) is 0. The van der Waals surface area contributed by atoms with Crippen molar-refractivity contribution in [2.75, 3.05) is 12.0 Å². The highest BCUT2D eigenvalue weighted by molar-refractivity contribution is 6.08. The summed E-state index contributed by atoms with van der Waals surface area (Å²) >= 11 is 0. The first-order chi connectivity index (χ1) is 10.1. The maximum Gasteiger partial charge on any atom is 0.337 e. The van der Waals surface area contributed by atoms with Crippen LogP contribution < -0.4 is 4.90 Å². The van der Waals surface area contributed by atoms with Gasteiger partial charge in [-0.05, 0) is 42.0 Å². The molecule has 106 valence electrons. The molecule has 0 aliphatic carbocycles. The minimum Gasteiger partial charge on any atom is -0.465 e. The summed E-state index contributed by atoms with van der Waals surface area (Å²) in [5, 5.41) is 0. The molecule has 1 aliphatic rings. The molecule has 0 N–H and O–H groups in total. The molecule has 0 atom stereocenters. The average Bonchev–Trinajstić information content (AvgIpc) is 2.82. The van der Waals surface area contributed by atoms with Crippen LogP contribution in [0.15, 0.2) is 42.5 Å². The van der Waals surface area contributed by atoms with Gasteiger partial charge in [0.1, 0.15) is 5.82 Å². The fraction of sp³-hybridized carbons (Fsp3) is 0.125. The van der Waals surface area contributed by atoms with Crippen molar-refractivity contribution in [3.05, 3.63) is 59.4 Å². The standard InChI is InChI=1S/C16H12FNO3/c1-21-16(20)11-3-2-10-9-15(19)18(14(10)8-11)13-6-4-12(17)5-7-13/h2-8H,9H2,1H3. The molecule has 4 nitrogen and oxygen atoms in total. The monoisotopic (exact) mass is 285 g/mol. The second-order valence-electron chi connectivity index (χ2n) is 4.72. The Morgan fingerprint density at radius 3 is 2.57 bits per heavy atom. The summed E-state index contributed by atoms with van der Waals surface area (Å²) in [4.78, 5) is 25.3. The number of hydrogen-bond donors (Lipinski definition) is 0. The van der Waals surface area contributed by atoms with E-state index in [9.17, 15) is 14.0 Å². The van der Waals surface area contributed by atoms with Crippen LogP contribution in [0.3, 0.4) is 0 Å². The second kappa shape index (κ2) is 5.01. The lowest BCUT2D eigenvalue weighted by Crippen LogP contribution is -2.20. The van der Waals surface area contributed by atoms with Gasteiger partial charge in [0.2, 0.25) is 5.91 Å². The number of methoxy groups -OCH3 is 1. The summed E-state index contributed by atoms with van der Waals surface area (Å²) in [5.41, 5.74) is 2.41. The Labute approximate surface area is 120 Å². The van der Waals surface area contributed by atoms with E-state index in [-0.39, 0.29) is 18.1 Å². The van der Waals surface area contributed by atoms with Crippen LogP contribution in [0, 0.1) is 5.82 Å². The highest BCUT2D eigenvalue weighted by Gasteiger charge is 2.29. The molecule has 21 heavy (non-hydrogen) atoms. The third-order valence-electron chi connectivity index (χ3n) is 3.42. The van der Waals surface area contributed by atoms with Crippen molar-refractivity contribution in [3.8, 4) is 0 Å². The number of carbonyl (C=O) groups is 2. The largest absolute Gasteiger partial charge is 0.465 e. The van der Waals surface area contributed by atoms with E-state index in [1.165, 1.54) is 36.3 Å². The lowest BCUT2D eigenvalue weighted by molar-refractivity contribution is -0.116. The average molecular weight is 285 g/mol. The predicted molar refractivity (Wildman–Crippen MR) is 75.0 cm³/mol. The summed E-state index contributed by atoms with van der Waals surface area (Å²) in [5.74, 6) is -0.941. The van der Waals surface area contributed by atoms with Gasteiger partial charge >= 0.3 is 5.97 Å². The van der Waals surface area contributed by atoms with Gasteiger partial charge in [-0.1, -0.05) is 6.07 Å². The molecule has 0 saturated carbocycles. The Kier molecular flexibility index (Phi) is 3.17. The first kappa shape index (κ1) is 13.3. The molecule has 0 aromatic heterocycles. The lowest BCUT2D eigenvalue weighted by Gasteiger charge is -2.18. The number of carbonyl (C=O) groups excluding carboxylic acids is 2. The van der Waals surface area contributed by atoms with E-state index >= 15 is 0 Å². The van der Waals surface area contributed by atoms with E-state index in [1.54, 1.807) is 18.2 Å². The van der Waals surface area contributed by atoms with Gasteiger partial charge in [-0.3, -0.25) is 9.69 Å². The molecule has 0 bridgehead atoms. The Hall–Kier alpha value is -2.69. The first-order valence-electron chi connectivity index (χ1n) is 6.40. The lowest BCUT2D eigenvalue weighted by atomic mass is 10.1. The number of anilines is 2. The number of ether oxygens (including phenoxy) is 1. The molecule has 0 fully saturated rings. The number of rotatable bonds is 2. The van der Waals surface area contributed by atoms with Gasteiger partial charge in [0, 0.05) is 5.69 Å². The van der Waals surface area contributed by atoms with Crippen molar-refractivity contribution in [1.82, 2.24) is 0 Å². The smallest absolute Gasteiger partial charge is 0.337 e. The second-order valence-corrected chi connectivity index (χ2v) is 4.72. The number of fused-ring (bicyclic) bond motifs is 1. The van der Waals surface area contributed by atoms with Crippen LogP contribution in [-0.4, -0.2) is 19.0 Å². The quantitative estimate of drug-likeness (QED) is 0.797. The van der Waals surface area contributed by atoms with E-state index in [0.29, 0.717) is 16.9 Å². The van der Waals surface area contributed by atoms with Gasteiger partial charge in [-0.25, -0.2) is 9.18 Å². The van der Waals surface area contributed by atoms with Crippen molar-refractivity contribution in [1.29, 1.82) is 0 Å². The first-order valence-corrected chi connectivity index (χ1v) is 6.40. The van der Waals surface area contributed by atoms with Gasteiger partial charge in [0.25, 0.3) is 0 Å². The van der Waals surface area contributed by atoms with Crippen LogP contribution in [-0.2, 0) is 16.0 Å². The van der Waals surface area contributed by atoms with Crippen molar-refractivity contribution in [3.63, 3.8) is 0 Å². The van der Waals surface area contributed by atoms with Gasteiger partial charge in [-0.15, -0.1) is 0 Å². The predicted octanol–water partition coefficient (Wildman–Crippen LogP) is 2.83. The molecule has 1 amide bonds. The van der Waals surface area contributed by atoms with Crippen LogP contribution >= 0.6 is 0 Å². The van der Waals surface area contributed by atoms with Gasteiger partial charge in [0.05, 0.1) is 24.8 Å². The molecule has 1 heterocycles. The Morgan fingerprint density at radius 2 is 1.90 bits per heavy atom. The maximum absolute atomic E-state index is 13.0. The molecule has 1 aliphatic heterocycles. The van der Waals surface area contributed by atoms with E-state index in [4.69, 9.17) is 0 Å². The Bertz CT molecular complexity index is 725. The fourth-order valence-corrected chi connectivity index (χ4v) is 2.42. The van der Waals surface area contributed by atoms with Crippen molar-refractivity contribution in [2.24, 2.45) is 0 Å². The summed E-state index contributed by atoms with van der Waals surface area (Å²) in [7, 11) is 1.30. The molecule has 0 radical (unpaired) electrons. The zero-order valence-corrected chi connectivity index (χ0v) is 11.3. The normalized spacial score (nSPS) is 13.2. The highest BCUT2D eigenvalue weighted by Crippen LogP contribution is 2.36. The van der Waals surface area contributed by atoms with Crippen molar-refractivity contribution >= 4 is 23.3 Å². The molecule has 0 spiro atoms. The molecule has 0 unspecified atom stereocenters. The maximum atomic E-state index is 13.0.